The van der Waals surface area contributed by atoms with Gasteiger partial charge in [-0.05, 0) is 6.42 Å². The van der Waals surface area contributed by atoms with Crippen molar-refractivity contribution in [1.29, 1.82) is 0 Å². The van der Waals surface area contributed by atoms with E-state index in [2.05, 4.69) is 6.92 Å². The van der Waals surface area contributed by atoms with E-state index in [1.54, 1.807) is 7.11 Å². The van der Waals surface area contributed by atoms with Crippen LogP contribution >= 0.6 is 7.82 Å². The topological polar surface area (TPSA) is 77.1 Å². The number of phosphoric ester groups is 1. The van der Waals surface area contributed by atoms with E-state index in [1.165, 1.54) is 96.3 Å². The molecule has 0 aliphatic carbocycles. The smallest absolute Gasteiger partial charge is 0.268 e. The largest absolute Gasteiger partial charge is 0.756 e. The fourth-order valence-electron chi connectivity index (χ4n) is 4.04. The maximum absolute atomic E-state index is 12.0. The van der Waals surface area contributed by atoms with E-state index in [0.29, 0.717) is 30.8 Å². The lowest BCUT2D eigenvalue weighted by Gasteiger charge is -2.28. The zero-order valence-corrected chi connectivity index (χ0v) is 25.4. The van der Waals surface area contributed by atoms with Crippen LogP contribution in [0.15, 0.2) is 0 Å². The van der Waals surface area contributed by atoms with Gasteiger partial charge in [0.1, 0.15) is 13.2 Å². The van der Waals surface area contributed by atoms with Crippen molar-refractivity contribution in [3.05, 3.63) is 0 Å². The van der Waals surface area contributed by atoms with Crippen molar-refractivity contribution in [1.82, 2.24) is 0 Å². The molecule has 0 aliphatic heterocycles. The molecule has 0 N–H and O–H groups in total. The third kappa shape index (κ3) is 27.0. The Kier molecular flexibility index (Phi) is 24.1. The lowest BCUT2D eigenvalue weighted by Crippen LogP contribution is -2.37. The first kappa shape index (κ1) is 36.0. The van der Waals surface area contributed by atoms with Crippen LogP contribution in [-0.2, 0) is 23.1 Å². The van der Waals surface area contributed by atoms with Gasteiger partial charge in [-0.1, -0.05) is 103 Å². The Labute approximate surface area is 223 Å². The molecule has 0 aromatic rings. The van der Waals surface area contributed by atoms with Gasteiger partial charge in [-0.25, -0.2) is 0 Å². The highest BCUT2D eigenvalue weighted by Gasteiger charge is 2.17. The van der Waals surface area contributed by atoms with E-state index in [0.717, 1.165) is 6.42 Å². The molecule has 0 aliphatic rings. The molecule has 36 heavy (non-hydrogen) atoms. The van der Waals surface area contributed by atoms with Gasteiger partial charge >= 0.3 is 0 Å². The zero-order chi connectivity index (χ0) is 27.0. The van der Waals surface area contributed by atoms with E-state index < -0.39 is 7.82 Å². The predicted molar refractivity (Wildman–Crippen MR) is 148 cm³/mol. The average Bonchev–Trinajstić information content (AvgIpc) is 2.80. The number of ether oxygens (including phenoxy) is 2. The van der Waals surface area contributed by atoms with Crippen LogP contribution in [0, 0.1) is 5.92 Å². The molecule has 0 spiro atoms. The van der Waals surface area contributed by atoms with Gasteiger partial charge in [-0.3, -0.25) is 4.57 Å². The SMILES string of the molecule is CCCCCCCCCCCCCCCCCCOCC(COC)COP(=O)([O-])OCC[N+](C)(C)C. The van der Waals surface area contributed by atoms with E-state index in [-0.39, 0.29) is 19.1 Å². The van der Waals surface area contributed by atoms with Crippen LogP contribution in [0.3, 0.4) is 0 Å². The first-order valence-corrected chi connectivity index (χ1v) is 16.1. The fourth-order valence-corrected chi connectivity index (χ4v) is 4.82. The number of nitrogens with zero attached hydrogens (tertiary/aromatic N) is 1. The van der Waals surface area contributed by atoms with Crippen molar-refractivity contribution in [2.24, 2.45) is 5.92 Å². The van der Waals surface area contributed by atoms with Crippen molar-refractivity contribution >= 4 is 7.82 Å². The first-order chi connectivity index (χ1) is 17.2. The molecule has 0 rings (SSSR count). The average molecular weight is 538 g/mol. The number of hydrogen-bond acceptors (Lipinski definition) is 6. The summed E-state index contributed by atoms with van der Waals surface area (Å²) in [6.45, 7) is 4.47. The Morgan fingerprint density at radius 2 is 1.14 bits per heavy atom. The first-order valence-electron chi connectivity index (χ1n) is 14.7. The zero-order valence-electron chi connectivity index (χ0n) is 24.5. The van der Waals surface area contributed by atoms with Crippen LogP contribution in [0.1, 0.15) is 110 Å². The van der Waals surface area contributed by atoms with Crippen molar-refractivity contribution < 1.29 is 32.5 Å². The second-order valence-corrected chi connectivity index (χ2v) is 12.7. The number of quaternary nitrogens is 1. The van der Waals surface area contributed by atoms with E-state index in [4.69, 9.17) is 18.5 Å². The third-order valence-electron chi connectivity index (χ3n) is 6.38. The molecular weight excluding hydrogens is 477 g/mol. The summed E-state index contributed by atoms with van der Waals surface area (Å²) in [6, 6.07) is 0. The summed E-state index contributed by atoms with van der Waals surface area (Å²) >= 11 is 0. The van der Waals surface area contributed by atoms with E-state index in [1.807, 2.05) is 21.1 Å². The standard InChI is InChI=1S/C28H60NO6P/c1-6-7-8-9-10-11-12-13-14-15-16-17-18-19-20-21-23-33-26-28(25-32-5)27-35-36(30,31)34-24-22-29(2,3)4/h28H,6-27H2,1-5H3. The fraction of sp³-hybridized carbons (Fsp3) is 1.00. The predicted octanol–water partition coefficient (Wildman–Crippen LogP) is 6.73. The van der Waals surface area contributed by atoms with Gasteiger partial charge in [0.05, 0.1) is 41.0 Å². The molecule has 0 amide bonds. The van der Waals surface area contributed by atoms with Gasteiger partial charge in [0.15, 0.2) is 0 Å². The molecule has 7 nitrogen and oxygen atoms in total. The van der Waals surface area contributed by atoms with Gasteiger partial charge < -0.3 is 27.9 Å². The molecule has 0 heterocycles. The number of likely N-dealkylation sites (N-methyl/N-ethyl adjacent to an activating group) is 1. The maximum atomic E-state index is 12.0. The summed E-state index contributed by atoms with van der Waals surface area (Å²) in [6.07, 6.45) is 21.6. The molecule has 2 unspecified atom stereocenters. The number of rotatable bonds is 28. The second kappa shape index (κ2) is 24.1. The molecule has 8 heteroatoms. The van der Waals surface area contributed by atoms with Gasteiger partial charge in [0.25, 0.3) is 7.82 Å². The number of methoxy groups -OCH3 is 1. The Hall–Kier alpha value is -0.0100. The van der Waals surface area contributed by atoms with Crippen LogP contribution in [0.2, 0.25) is 0 Å². The Bertz CT molecular complexity index is 515. The molecular formula is C28H60NO6P. The van der Waals surface area contributed by atoms with Gasteiger partial charge in [-0.15, -0.1) is 0 Å². The van der Waals surface area contributed by atoms with E-state index >= 15 is 0 Å². The minimum atomic E-state index is -4.31. The normalized spacial score (nSPS) is 14.7. The highest BCUT2D eigenvalue weighted by Crippen LogP contribution is 2.38. The van der Waals surface area contributed by atoms with Crippen LogP contribution in [0.25, 0.3) is 0 Å². The summed E-state index contributed by atoms with van der Waals surface area (Å²) in [5.41, 5.74) is 0. The van der Waals surface area contributed by atoms with Crippen molar-refractivity contribution in [2.45, 2.75) is 110 Å². The highest BCUT2D eigenvalue weighted by atomic mass is 31.2. The van der Waals surface area contributed by atoms with Crippen molar-refractivity contribution in [3.63, 3.8) is 0 Å². The molecule has 0 aromatic heterocycles. The number of hydrogen-bond donors (Lipinski definition) is 0. The highest BCUT2D eigenvalue weighted by molar-refractivity contribution is 7.45. The lowest BCUT2D eigenvalue weighted by molar-refractivity contribution is -0.870. The maximum Gasteiger partial charge on any atom is 0.268 e. The van der Waals surface area contributed by atoms with Gasteiger partial charge in [0.2, 0.25) is 0 Å². The van der Waals surface area contributed by atoms with Crippen LogP contribution in [0.5, 0.6) is 0 Å². The second-order valence-electron chi connectivity index (χ2n) is 11.3. The molecule has 2 atom stereocenters. The summed E-state index contributed by atoms with van der Waals surface area (Å²) in [5.74, 6) is -0.139. The molecule has 0 aromatic carbocycles. The molecule has 0 saturated carbocycles. The Balaban J connectivity index is 3.59. The van der Waals surface area contributed by atoms with Crippen LogP contribution in [-0.4, -0.2) is 72.3 Å². The number of unbranched alkanes of at least 4 members (excludes halogenated alkanes) is 15. The minimum Gasteiger partial charge on any atom is -0.756 e. The summed E-state index contributed by atoms with van der Waals surface area (Å²) < 4.78 is 33.6. The Morgan fingerprint density at radius 1 is 0.667 bits per heavy atom. The lowest BCUT2D eigenvalue weighted by atomic mass is 10.0. The molecule has 0 radical (unpaired) electrons. The number of phosphoric acid groups is 1. The van der Waals surface area contributed by atoms with Crippen LogP contribution in [0.4, 0.5) is 0 Å². The van der Waals surface area contributed by atoms with Gasteiger partial charge in [-0.2, -0.15) is 0 Å². The monoisotopic (exact) mass is 537 g/mol. The quantitative estimate of drug-likeness (QED) is 0.0625. The summed E-state index contributed by atoms with van der Waals surface area (Å²) in [5, 5.41) is 0. The molecule has 0 bridgehead atoms. The molecule has 0 fully saturated rings. The van der Waals surface area contributed by atoms with Crippen LogP contribution < -0.4 is 4.89 Å². The molecule has 0 saturated heterocycles. The summed E-state index contributed by atoms with van der Waals surface area (Å²) in [4.78, 5) is 12.0. The third-order valence-corrected chi connectivity index (χ3v) is 7.34. The minimum absolute atomic E-state index is 0.0119. The molecule has 218 valence electrons. The summed E-state index contributed by atoms with van der Waals surface area (Å²) in [7, 11) is 3.22. The van der Waals surface area contributed by atoms with Crippen molar-refractivity contribution in [2.75, 3.05) is 67.8 Å². The van der Waals surface area contributed by atoms with Crippen molar-refractivity contribution in [3.8, 4) is 0 Å². The Morgan fingerprint density at radius 3 is 1.58 bits per heavy atom. The van der Waals surface area contributed by atoms with E-state index in [9.17, 15) is 9.46 Å². The van der Waals surface area contributed by atoms with Gasteiger partial charge in [0, 0.05) is 19.6 Å².